The van der Waals surface area contributed by atoms with Crippen LogP contribution in [0.1, 0.15) is 41.0 Å². The first-order valence-electron chi connectivity index (χ1n) is 10.9. The third-order valence-electron chi connectivity index (χ3n) is 4.97. The lowest BCUT2D eigenvalue weighted by Gasteiger charge is -2.33. The van der Waals surface area contributed by atoms with E-state index in [4.69, 9.17) is 14.2 Å². The number of benzene rings is 2. The molecule has 2 amide bonds. The molecule has 3 aromatic rings. The molecule has 7 nitrogen and oxygen atoms in total. The molecule has 0 fully saturated rings. The Morgan fingerprint density at radius 3 is 2.15 bits per heavy atom. The van der Waals surface area contributed by atoms with Crippen LogP contribution in [0.15, 0.2) is 48.7 Å². The Labute approximate surface area is 195 Å². The van der Waals surface area contributed by atoms with E-state index in [2.05, 4.69) is 36.4 Å². The third kappa shape index (κ3) is 6.51. The molecule has 0 unspecified atom stereocenters. The van der Waals surface area contributed by atoms with Gasteiger partial charge in [0.05, 0.1) is 19.7 Å². The smallest absolute Gasteiger partial charge is 0.319 e. The summed E-state index contributed by atoms with van der Waals surface area (Å²) in [6.45, 7) is 10.5. The van der Waals surface area contributed by atoms with Crippen LogP contribution in [0.25, 0.3) is 10.9 Å². The van der Waals surface area contributed by atoms with Crippen molar-refractivity contribution >= 4 is 22.6 Å². The van der Waals surface area contributed by atoms with E-state index in [9.17, 15) is 4.79 Å². The van der Waals surface area contributed by atoms with Gasteiger partial charge in [-0.3, -0.25) is 4.98 Å². The Morgan fingerprint density at radius 1 is 0.909 bits per heavy atom. The number of carbonyl (C=O) groups is 1. The first-order valence-corrected chi connectivity index (χ1v) is 10.9. The molecule has 0 aliphatic heterocycles. The summed E-state index contributed by atoms with van der Waals surface area (Å²) in [6.07, 6.45) is 2.54. The molecule has 0 aliphatic carbocycles. The van der Waals surface area contributed by atoms with Crippen LogP contribution in [0.3, 0.4) is 0 Å². The van der Waals surface area contributed by atoms with Crippen LogP contribution in [0.4, 0.5) is 10.5 Å². The average molecular weight is 452 g/mol. The summed E-state index contributed by atoms with van der Waals surface area (Å²) >= 11 is 0. The quantitative estimate of drug-likeness (QED) is 0.435. The number of hydrogen-bond acceptors (Lipinski definition) is 5. The van der Waals surface area contributed by atoms with Gasteiger partial charge in [0.2, 0.25) is 0 Å². The highest BCUT2D eigenvalue weighted by Crippen LogP contribution is 2.37. The molecule has 1 heterocycles. The van der Waals surface area contributed by atoms with Gasteiger partial charge >= 0.3 is 6.03 Å². The highest BCUT2D eigenvalue weighted by atomic mass is 16.5. The molecule has 2 aromatic carbocycles. The van der Waals surface area contributed by atoms with E-state index in [0.717, 1.165) is 17.3 Å². The average Bonchev–Trinajstić information content (AvgIpc) is 2.72. The van der Waals surface area contributed by atoms with Gasteiger partial charge in [-0.25, -0.2) is 4.79 Å². The fraction of sp³-hybridized carbons (Fsp3) is 0.385. The molecule has 0 saturated carbocycles. The van der Waals surface area contributed by atoms with Crippen molar-refractivity contribution in [1.29, 1.82) is 0 Å². The molecule has 2 N–H and O–H groups in total. The van der Waals surface area contributed by atoms with Crippen molar-refractivity contribution in [2.75, 3.05) is 19.5 Å². The number of methoxy groups -OCH3 is 2. The molecule has 0 bridgehead atoms. The number of pyridine rings is 1. The molecule has 0 radical (unpaired) electrons. The lowest BCUT2D eigenvalue weighted by Crippen LogP contribution is -2.47. The fourth-order valence-corrected chi connectivity index (χ4v) is 4.11. The molecule has 33 heavy (non-hydrogen) atoms. The minimum Gasteiger partial charge on any atom is -0.493 e. The number of nitrogens with one attached hydrogen (secondary N) is 2. The van der Waals surface area contributed by atoms with Crippen LogP contribution in [-0.2, 0) is 0 Å². The van der Waals surface area contributed by atoms with E-state index in [-0.39, 0.29) is 17.0 Å². The maximum absolute atomic E-state index is 12.5. The molecule has 176 valence electrons. The largest absolute Gasteiger partial charge is 0.493 e. The molecule has 0 atom stereocenters. The fourth-order valence-electron chi connectivity index (χ4n) is 4.11. The first kappa shape index (κ1) is 24.2. The molecule has 3 rings (SSSR count). The van der Waals surface area contributed by atoms with E-state index in [1.165, 1.54) is 0 Å². The number of ether oxygens (including phenoxy) is 3. The number of aromatic nitrogens is 1. The van der Waals surface area contributed by atoms with E-state index >= 15 is 0 Å². The highest BCUT2D eigenvalue weighted by Gasteiger charge is 2.27. The van der Waals surface area contributed by atoms with E-state index < -0.39 is 0 Å². The molecule has 0 aliphatic rings. The summed E-state index contributed by atoms with van der Waals surface area (Å²) in [5, 5.41) is 6.74. The Balaban J connectivity index is 1.71. The second-order valence-corrected chi connectivity index (χ2v) is 9.86. The summed E-state index contributed by atoms with van der Waals surface area (Å²) in [4.78, 5) is 16.9. The molecule has 0 saturated heterocycles. The number of amides is 2. The van der Waals surface area contributed by atoms with Gasteiger partial charge in [0.1, 0.15) is 11.5 Å². The van der Waals surface area contributed by atoms with Crippen LogP contribution >= 0.6 is 0 Å². The van der Waals surface area contributed by atoms with Crippen LogP contribution in [0.5, 0.6) is 23.0 Å². The zero-order chi connectivity index (χ0) is 24.2. The van der Waals surface area contributed by atoms with Gasteiger partial charge in [-0.05, 0) is 62.1 Å². The SMILES string of the molecule is COc1cc2nccc(Oc3ccc(NC(=O)NC(C)(C)CC(C)(C)C)cc3)c2cc1OC. The van der Waals surface area contributed by atoms with Crippen molar-refractivity contribution in [3.8, 4) is 23.0 Å². The van der Waals surface area contributed by atoms with Gasteiger partial charge in [-0.15, -0.1) is 0 Å². The van der Waals surface area contributed by atoms with E-state index in [0.29, 0.717) is 28.7 Å². The minimum atomic E-state index is -0.322. The maximum atomic E-state index is 12.5. The van der Waals surface area contributed by atoms with Crippen molar-refractivity contribution in [1.82, 2.24) is 10.3 Å². The van der Waals surface area contributed by atoms with Crippen molar-refractivity contribution in [3.05, 3.63) is 48.7 Å². The standard InChI is InChI=1S/C26H33N3O4/c1-25(2,3)16-26(4,5)29-24(30)28-17-8-10-18(11-9-17)33-21-12-13-27-20-15-23(32-7)22(31-6)14-19(20)21/h8-15H,16H2,1-7H3,(H2,28,29,30). The van der Waals surface area contributed by atoms with Gasteiger partial charge < -0.3 is 24.8 Å². The lowest BCUT2D eigenvalue weighted by molar-refractivity contribution is 0.220. The van der Waals surface area contributed by atoms with E-state index in [1.54, 1.807) is 38.6 Å². The van der Waals surface area contributed by atoms with E-state index in [1.807, 2.05) is 38.1 Å². The molecule has 0 spiro atoms. The van der Waals surface area contributed by atoms with Crippen LogP contribution in [0.2, 0.25) is 0 Å². The monoisotopic (exact) mass is 451 g/mol. The number of urea groups is 1. The van der Waals surface area contributed by atoms with Crippen LogP contribution in [0, 0.1) is 5.41 Å². The molecular formula is C26H33N3O4. The van der Waals surface area contributed by atoms with Crippen molar-refractivity contribution in [2.24, 2.45) is 5.41 Å². The topological polar surface area (TPSA) is 81.7 Å². The molecular weight excluding hydrogens is 418 g/mol. The van der Waals surface area contributed by atoms with Crippen LogP contribution in [-0.4, -0.2) is 30.8 Å². The summed E-state index contributed by atoms with van der Waals surface area (Å²) < 4.78 is 16.9. The van der Waals surface area contributed by atoms with Crippen molar-refractivity contribution in [2.45, 2.75) is 46.6 Å². The normalized spacial score (nSPS) is 11.7. The van der Waals surface area contributed by atoms with Gasteiger partial charge in [0, 0.05) is 28.9 Å². The summed E-state index contributed by atoms with van der Waals surface area (Å²) in [7, 11) is 3.18. The third-order valence-corrected chi connectivity index (χ3v) is 4.97. The second-order valence-electron chi connectivity index (χ2n) is 9.86. The Hall–Kier alpha value is -3.48. The number of rotatable bonds is 7. The van der Waals surface area contributed by atoms with Gasteiger partial charge in [0.15, 0.2) is 11.5 Å². The Morgan fingerprint density at radius 2 is 1.55 bits per heavy atom. The highest BCUT2D eigenvalue weighted by molar-refractivity contribution is 5.90. The predicted octanol–water partition coefficient (Wildman–Crippen LogP) is 6.38. The summed E-state index contributed by atoms with van der Waals surface area (Å²) in [5.41, 5.74) is 1.20. The van der Waals surface area contributed by atoms with Gasteiger partial charge in [0.25, 0.3) is 0 Å². The number of nitrogens with zero attached hydrogens (tertiary/aromatic N) is 1. The van der Waals surface area contributed by atoms with Gasteiger partial charge in [-0.1, -0.05) is 20.8 Å². The Bertz CT molecular complexity index is 1120. The van der Waals surface area contributed by atoms with Gasteiger partial charge in [-0.2, -0.15) is 0 Å². The Kier molecular flexibility index (Phi) is 7.01. The lowest BCUT2D eigenvalue weighted by atomic mass is 9.82. The van der Waals surface area contributed by atoms with Crippen LogP contribution < -0.4 is 24.8 Å². The number of hydrogen-bond donors (Lipinski definition) is 2. The number of fused-ring (bicyclic) bond motifs is 1. The second kappa shape index (κ2) is 9.57. The maximum Gasteiger partial charge on any atom is 0.319 e. The number of anilines is 1. The minimum absolute atomic E-state index is 0.113. The molecule has 1 aromatic heterocycles. The first-order chi connectivity index (χ1) is 15.5. The van der Waals surface area contributed by atoms with Crippen molar-refractivity contribution < 1.29 is 19.0 Å². The predicted molar refractivity (Wildman–Crippen MR) is 132 cm³/mol. The summed E-state index contributed by atoms with van der Waals surface area (Å²) in [6, 6.07) is 12.4. The number of carbonyl (C=O) groups excluding carboxylic acids is 1. The zero-order valence-corrected chi connectivity index (χ0v) is 20.4. The molecule has 7 heteroatoms. The summed E-state index contributed by atoms with van der Waals surface area (Å²) in [5.74, 6) is 2.48. The zero-order valence-electron chi connectivity index (χ0n) is 20.4. The van der Waals surface area contributed by atoms with Crippen molar-refractivity contribution in [3.63, 3.8) is 0 Å².